The number of rotatable bonds is 14. The molecule has 2 rings (SSSR count). The zero-order valence-electron chi connectivity index (χ0n) is 19.7. The van der Waals surface area contributed by atoms with E-state index in [4.69, 9.17) is 0 Å². The van der Waals surface area contributed by atoms with E-state index in [9.17, 15) is 4.21 Å². The van der Waals surface area contributed by atoms with E-state index in [1.165, 1.54) is 62.5 Å². The largest absolute Gasteiger partial charge is 0.249 e. The van der Waals surface area contributed by atoms with Crippen LogP contribution in [0.3, 0.4) is 0 Å². The van der Waals surface area contributed by atoms with Gasteiger partial charge in [-0.25, -0.2) is 4.21 Å². The van der Waals surface area contributed by atoms with Gasteiger partial charge in [0.2, 0.25) is 0 Å². The minimum atomic E-state index is -1.09. The van der Waals surface area contributed by atoms with Gasteiger partial charge in [-0.3, -0.25) is 0 Å². The number of benzene rings is 2. The Morgan fingerprint density at radius 1 is 0.567 bits per heavy atom. The summed E-state index contributed by atoms with van der Waals surface area (Å²) < 4.78 is 12.9. The highest BCUT2D eigenvalue weighted by Crippen LogP contribution is 2.20. The summed E-state index contributed by atoms with van der Waals surface area (Å²) in [4.78, 5) is 1.81. The van der Waals surface area contributed by atoms with E-state index in [1.807, 2.05) is 24.3 Å². The number of hydrogen-bond donors (Lipinski definition) is 0. The molecule has 0 unspecified atom stereocenters. The molecular formula is C28H42OS. The van der Waals surface area contributed by atoms with Crippen LogP contribution in [0.25, 0.3) is 0 Å². The third-order valence-electron chi connectivity index (χ3n) is 5.77. The van der Waals surface area contributed by atoms with Gasteiger partial charge in [0.15, 0.2) is 0 Å². The molecule has 0 fully saturated rings. The highest BCUT2D eigenvalue weighted by atomic mass is 32.2. The molecule has 0 saturated carbocycles. The fraction of sp³-hybridized carbons (Fsp3) is 0.571. The average Bonchev–Trinajstić information content (AvgIpc) is 2.73. The van der Waals surface area contributed by atoms with Crippen LogP contribution < -0.4 is 0 Å². The molecule has 2 heteroatoms. The highest BCUT2D eigenvalue weighted by molar-refractivity contribution is 7.85. The first-order valence-corrected chi connectivity index (χ1v) is 13.2. The molecule has 1 nitrogen and oxygen atoms in total. The molecule has 0 saturated heterocycles. The fourth-order valence-corrected chi connectivity index (χ4v) is 4.85. The predicted octanol–water partition coefficient (Wildman–Crippen LogP) is 8.37. The molecule has 0 aromatic heterocycles. The molecule has 0 radical (unpaired) electrons. The van der Waals surface area contributed by atoms with Crippen LogP contribution in [-0.2, 0) is 23.6 Å². The zero-order chi connectivity index (χ0) is 21.8. The normalized spacial score (nSPS) is 11.7. The van der Waals surface area contributed by atoms with Gasteiger partial charge >= 0.3 is 0 Å². The van der Waals surface area contributed by atoms with Gasteiger partial charge in [0.25, 0.3) is 0 Å². The van der Waals surface area contributed by atoms with E-state index < -0.39 is 10.8 Å². The monoisotopic (exact) mass is 426 g/mol. The van der Waals surface area contributed by atoms with Crippen LogP contribution in [0.2, 0.25) is 0 Å². The Balaban J connectivity index is 1.77. The third kappa shape index (κ3) is 9.60. The molecule has 0 bridgehead atoms. The van der Waals surface area contributed by atoms with Crippen molar-refractivity contribution in [2.45, 2.75) is 102 Å². The summed E-state index contributed by atoms with van der Waals surface area (Å²) >= 11 is 0. The summed E-state index contributed by atoms with van der Waals surface area (Å²) in [7, 11) is -1.09. The molecule has 0 aliphatic carbocycles. The Bertz CT molecular complexity index is 665. The standard InChI is InChI=1S/C28H42OS/c1-23(2)11-7-5-9-13-25-15-19-27(20-16-25)30(29)28-21-17-26(18-22-28)14-10-6-8-12-24(3)4/h15-24H,5-14H2,1-4H3. The smallest absolute Gasteiger partial charge is 0.0849 e. The van der Waals surface area contributed by atoms with Crippen molar-refractivity contribution in [1.82, 2.24) is 0 Å². The molecule has 0 N–H and O–H groups in total. The van der Waals surface area contributed by atoms with Crippen molar-refractivity contribution in [3.8, 4) is 0 Å². The van der Waals surface area contributed by atoms with Gasteiger partial charge in [-0.05, 0) is 72.9 Å². The minimum absolute atomic E-state index is 0.808. The minimum Gasteiger partial charge on any atom is -0.249 e. The average molecular weight is 427 g/mol. The SMILES string of the molecule is CC(C)CCCCCc1ccc(S(=O)c2ccc(CCCCCC(C)C)cc2)cc1. The van der Waals surface area contributed by atoms with E-state index in [0.717, 1.165) is 34.5 Å². The Labute approximate surface area is 188 Å². The molecule has 0 aliphatic rings. The highest BCUT2D eigenvalue weighted by Gasteiger charge is 2.07. The number of hydrogen-bond acceptors (Lipinski definition) is 1. The Morgan fingerprint density at radius 2 is 0.933 bits per heavy atom. The molecule has 0 atom stereocenters. The maximum Gasteiger partial charge on any atom is 0.0849 e. The first-order valence-electron chi connectivity index (χ1n) is 12.1. The number of unbranched alkanes of at least 4 members (excludes halogenated alkanes) is 4. The zero-order valence-corrected chi connectivity index (χ0v) is 20.5. The van der Waals surface area contributed by atoms with E-state index in [-0.39, 0.29) is 0 Å². The van der Waals surface area contributed by atoms with Gasteiger partial charge in [0.1, 0.15) is 0 Å². The van der Waals surface area contributed by atoms with Crippen LogP contribution in [0.4, 0.5) is 0 Å². The Kier molecular flexibility index (Phi) is 11.4. The van der Waals surface area contributed by atoms with Crippen molar-refractivity contribution in [2.75, 3.05) is 0 Å². The lowest BCUT2D eigenvalue weighted by Crippen LogP contribution is -1.95. The van der Waals surface area contributed by atoms with Crippen LogP contribution >= 0.6 is 0 Å². The first kappa shape index (κ1) is 24.9. The molecule has 0 aliphatic heterocycles. The molecule has 2 aromatic rings. The van der Waals surface area contributed by atoms with Gasteiger partial charge in [-0.1, -0.05) is 90.5 Å². The van der Waals surface area contributed by atoms with E-state index in [2.05, 4.69) is 52.0 Å². The van der Waals surface area contributed by atoms with Crippen LogP contribution in [-0.4, -0.2) is 4.21 Å². The quantitative estimate of drug-likeness (QED) is 0.277. The van der Waals surface area contributed by atoms with Crippen molar-refractivity contribution in [3.63, 3.8) is 0 Å². The molecule has 2 aromatic carbocycles. The Hall–Kier alpha value is -1.41. The van der Waals surface area contributed by atoms with Crippen molar-refractivity contribution in [3.05, 3.63) is 59.7 Å². The van der Waals surface area contributed by atoms with Gasteiger partial charge in [-0.2, -0.15) is 0 Å². The molecule has 0 amide bonds. The topological polar surface area (TPSA) is 17.1 Å². The van der Waals surface area contributed by atoms with Gasteiger partial charge in [0, 0.05) is 9.79 Å². The van der Waals surface area contributed by atoms with Crippen LogP contribution in [0.15, 0.2) is 58.3 Å². The Morgan fingerprint density at radius 3 is 1.27 bits per heavy atom. The van der Waals surface area contributed by atoms with E-state index >= 15 is 0 Å². The van der Waals surface area contributed by atoms with Gasteiger partial charge in [-0.15, -0.1) is 0 Å². The second kappa shape index (κ2) is 13.8. The lowest BCUT2D eigenvalue weighted by Gasteiger charge is -2.07. The maximum absolute atomic E-state index is 12.9. The summed E-state index contributed by atoms with van der Waals surface area (Å²) in [5, 5.41) is 0. The van der Waals surface area contributed by atoms with E-state index in [1.54, 1.807) is 0 Å². The van der Waals surface area contributed by atoms with Crippen molar-refractivity contribution < 1.29 is 4.21 Å². The maximum atomic E-state index is 12.9. The van der Waals surface area contributed by atoms with Crippen molar-refractivity contribution >= 4 is 10.8 Å². The summed E-state index contributed by atoms with van der Waals surface area (Å²) in [6.45, 7) is 9.17. The third-order valence-corrected chi connectivity index (χ3v) is 7.17. The first-order chi connectivity index (χ1) is 14.5. The summed E-state index contributed by atoms with van der Waals surface area (Å²) in [5.74, 6) is 1.62. The fourth-order valence-electron chi connectivity index (χ4n) is 3.81. The molecule has 166 valence electrons. The molecule has 0 heterocycles. The van der Waals surface area contributed by atoms with Crippen LogP contribution in [0.5, 0.6) is 0 Å². The predicted molar refractivity (Wildman–Crippen MR) is 132 cm³/mol. The summed E-state index contributed by atoms with van der Waals surface area (Å²) in [5.41, 5.74) is 2.71. The van der Waals surface area contributed by atoms with E-state index in [0.29, 0.717) is 0 Å². The molecular weight excluding hydrogens is 384 g/mol. The van der Waals surface area contributed by atoms with Crippen molar-refractivity contribution in [1.29, 1.82) is 0 Å². The second-order valence-electron chi connectivity index (χ2n) is 9.54. The summed E-state index contributed by atoms with van der Waals surface area (Å²) in [6, 6.07) is 16.8. The van der Waals surface area contributed by atoms with Crippen LogP contribution in [0, 0.1) is 11.8 Å². The lowest BCUT2D eigenvalue weighted by molar-refractivity contribution is 0.527. The summed E-state index contributed by atoms with van der Waals surface area (Å²) in [6.07, 6.45) is 12.6. The number of aryl methyl sites for hydroxylation is 2. The molecule has 30 heavy (non-hydrogen) atoms. The lowest BCUT2D eigenvalue weighted by atomic mass is 10.0. The second-order valence-corrected chi connectivity index (χ2v) is 11.0. The molecule has 0 spiro atoms. The van der Waals surface area contributed by atoms with Crippen molar-refractivity contribution in [2.24, 2.45) is 11.8 Å². The van der Waals surface area contributed by atoms with Gasteiger partial charge in [0.05, 0.1) is 10.8 Å². The van der Waals surface area contributed by atoms with Gasteiger partial charge < -0.3 is 0 Å². The van der Waals surface area contributed by atoms with Crippen LogP contribution in [0.1, 0.15) is 90.2 Å².